The van der Waals surface area contributed by atoms with Crippen LogP contribution in [-0.4, -0.2) is 58.5 Å². The molecule has 9 nitrogen and oxygen atoms in total. The number of nitrogens with one attached hydrogen (secondary N) is 1. The van der Waals surface area contributed by atoms with Gasteiger partial charge in [-0.15, -0.1) is 0 Å². The molecule has 2 aromatic rings. The number of rotatable bonds is 7. The first-order chi connectivity index (χ1) is 19.1. The molecule has 2 amide bonds. The molecule has 2 heterocycles. The number of esters is 1. The summed E-state index contributed by atoms with van der Waals surface area (Å²) in [7, 11) is 1.44. The first-order valence-corrected chi connectivity index (χ1v) is 14.6. The van der Waals surface area contributed by atoms with Gasteiger partial charge in [-0.3, -0.25) is 14.3 Å². The van der Waals surface area contributed by atoms with Gasteiger partial charge in [-0.1, -0.05) is 37.3 Å². The molecule has 1 aliphatic heterocycles. The van der Waals surface area contributed by atoms with Crippen molar-refractivity contribution in [3.63, 3.8) is 0 Å². The molecule has 1 saturated carbocycles. The number of methoxy groups -OCH3 is 1. The lowest BCUT2D eigenvalue weighted by Gasteiger charge is -2.35. The highest BCUT2D eigenvalue weighted by atomic mass is 16.6. The van der Waals surface area contributed by atoms with E-state index < -0.39 is 5.60 Å². The molecular formula is C31H44N4O5. The second-order valence-corrected chi connectivity index (χ2v) is 11.9. The number of likely N-dealkylation sites (tertiary alicyclic amines) is 1. The van der Waals surface area contributed by atoms with Crippen LogP contribution in [0.5, 0.6) is 0 Å². The summed E-state index contributed by atoms with van der Waals surface area (Å²) in [5.41, 5.74) is 2.92. The second kappa shape index (κ2) is 12.9. The number of ether oxygens (including phenoxy) is 2. The van der Waals surface area contributed by atoms with Crippen molar-refractivity contribution >= 4 is 18.0 Å². The smallest absolute Gasteiger partial charge is 0.410 e. The van der Waals surface area contributed by atoms with E-state index in [-0.39, 0.29) is 35.8 Å². The van der Waals surface area contributed by atoms with E-state index in [2.05, 4.69) is 10.00 Å². The topological polar surface area (TPSA) is 103 Å². The van der Waals surface area contributed by atoms with Crippen LogP contribution in [0.4, 0.5) is 4.79 Å². The van der Waals surface area contributed by atoms with Gasteiger partial charge in [0.05, 0.1) is 36.0 Å². The monoisotopic (exact) mass is 552 g/mol. The summed E-state index contributed by atoms with van der Waals surface area (Å²) in [5.74, 6) is -0.262. The molecule has 1 saturated heterocycles. The Morgan fingerprint density at radius 2 is 1.65 bits per heavy atom. The van der Waals surface area contributed by atoms with E-state index in [1.807, 2.05) is 58.0 Å². The average Bonchev–Trinajstić information content (AvgIpc) is 3.35. The van der Waals surface area contributed by atoms with Crippen LogP contribution in [0.25, 0.3) is 0 Å². The van der Waals surface area contributed by atoms with Gasteiger partial charge in [-0.2, -0.15) is 5.10 Å². The van der Waals surface area contributed by atoms with Crippen LogP contribution >= 0.6 is 0 Å². The summed E-state index contributed by atoms with van der Waals surface area (Å²) in [4.78, 5) is 40.4. The Kier molecular flexibility index (Phi) is 9.53. The molecule has 9 heteroatoms. The van der Waals surface area contributed by atoms with E-state index in [1.54, 1.807) is 4.90 Å². The van der Waals surface area contributed by atoms with Gasteiger partial charge in [-0.05, 0) is 71.3 Å². The number of piperidine rings is 1. The normalized spacial score (nSPS) is 20.2. The third-order valence-electron chi connectivity index (χ3n) is 7.99. The Balaban J connectivity index is 1.60. The SMILES string of the molecule is CCc1nn(C2CCC(C(=O)OC)CC2)c(C2CCN(C(=O)OC(C)(C)C)CC2)c1C(=O)NCc1ccccc1. The molecule has 1 aromatic heterocycles. The number of nitrogens with zero attached hydrogens (tertiary/aromatic N) is 3. The van der Waals surface area contributed by atoms with Crippen LogP contribution in [0.15, 0.2) is 30.3 Å². The van der Waals surface area contributed by atoms with Crippen molar-refractivity contribution in [2.75, 3.05) is 20.2 Å². The molecular weight excluding hydrogens is 508 g/mol. The largest absolute Gasteiger partial charge is 0.469 e. The van der Waals surface area contributed by atoms with E-state index in [0.717, 1.165) is 55.5 Å². The maximum Gasteiger partial charge on any atom is 0.410 e. The van der Waals surface area contributed by atoms with Crippen molar-refractivity contribution in [1.29, 1.82) is 0 Å². The number of carbonyl (C=O) groups excluding carboxylic acids is 3. The maximum atomic E-state index is 13.8. The van der Waals surface area contributed by atoms with E-state index in [4.69, 9.17) is 14.6 Å². The summed E-state index contributed by atoms with van der Waals surface area (Å²) >= 11 is 0. The standard InChI is InChI=1S/C31H44N4O5/c1-6-25-26(28(36)32-20-21-10-8-7-9-11-21)27(22-16-18-34(19-17-22)30(38)40-31(2,3)4)35(33-25)24-14-12-23(13-15-24)29(37)39-5/h7-11,22-24H,6,12-20H2,1-5H3,(H,32,36). The molecule has 40 heavy (non-hydrogen) atoms. The van der Waals surface area contributed by atoms with Crippen LogP contribution in [0.2, 0.25) is 0 Å². The van der Waals surface area contributed by atoms with E-state index in [1.165, 1.54) is 7.11 Å². The van der Waals surface area contributed by atoms with Crippen molar-refractivity contribution in [3.8, 4) is 0 Å². The second-order valence-electron chi connectivity index (χ2n) is 11.9. The van der Waals surface area contributed by atoms with Gasteiger partial charge in [0.2, 0.25) is 0 Å². The minimum atomic E-state index is -0.546. The van der Waals surface area contributed by atoms with Crippen LogP contribution < -0.4 is 5.32 Å². The van der Waals surface area contributed by atoms with Gasteiger partial charge in [-0.25, -0.2) is 4.79 Å². The molecule has 1 aromatic carbocycles. The Hall–Kier alpha value is -3.36. The number of hydrogen-bond acceptors (Lipinski definition) is 6. The lowest BCUT2D eigenvalue weighted by molar-refractivity contribution is -0.146. The van der Waals surface area contributed by atoms with Crippen molar-refractivity contribution in [3.05, 3.63) is 52.8 Å². The molecule has 0 atom stereocenters. The Bertz CT molecular complexity index is 1170. The zero-order chi connectivity index (χ0) is 28.9. The fourth-order valence-corrected chi connectivity index (χ4v) is 5.91. The third kappa shape index (κ3) is 7.04. The molecule has 2 aliphatic rings. The molecule has 0 unspecified atom stereocenters. The molecule has 1 N–H and O–H groups in total. The van der Waals surface area contributed by atoms with Gasteiger partial charge < -0.3 is 19.7 Å². The first-order valence-electron chi connectivity index (χ1n) is 14.6. The average molecular weight is 553 g/mol. The highest BCUT2D eigenvalue weighted by Crippen LogP contribution is 2.39. The lowest BCUT2D eigenvalue weighted by atomic mass is 9.85. The summed E-state index contributed by atoms with van der Waals surface area (Å²) < 4.78 is 12.7. The Morgan fingerprint density at radius 1 is 1.00 bits per heavy atom. The number of aryl methyl sites for hydroxylation is 1. The van der Waals surface area contributed by atoms with E-state index >= 15 is 0 Å². The van der Waals surface area contributed by atoms with E-state index in [9.17, 15) is 14.4 Å². The highest BCUT2D eigenvalue weighted by molar-refractivity contribution is 5.96. The predicted molar refractivity (Wildman–Crippen MR) is 152 cm³/mol. The zero-order valence-electron chi connectivity index (χ0n) is 24.6. The van der Waals surface area contributed by atoms with Gasteiger partial charge in [0.15, 0.2) is 0 Å². The Labute approximate surface area is 237 Å². The molecule has 218 valence electrons. The van der Waals surface area contributed by atoms with Gasteiger partial charge in [0.25, 0.3) is 5.91 Å². The van der Waals surface area contributed by atoms with Gasteiger partial charge in [0.1, 0.15) is 5.60 Å². The number of aromatic nitrogens is 2. The molecule has 2 fully saturated rings. The number of hydrogen-bond donors (Lipinski definition) is 1. The van der Waals surface area contributed by atoms with Crippen molar-refractivity contribution in [2.45, 2.75) is 96.7 Å². The number of carbonyl (C=O) groups is 3. The predicted octanol–water partition coefficient (Wildman–Crippen LogP) is 5.39. The van der Waals surface area contributed by atoms with Crippen LogP contribution in [0.1, 0.15) is 105 Å². The molecule has 0 spiro atoms. The number of amides is 2. The lowest BCUT2D eigenvalue weighted by Crippen LogP contribution is -2.42. The Morgan fingerprint density at radius 3 is 2.23 bits per heavy atom. The van der Waals surface area contributed by atoms with Crippen molar-refractivity contribution in [2.24, 2.45) is 5.92 Å². The number of benzene rings is 1. The molecule has 1 aliphatic carbocycles. The van der Waals surface area contributed by atoms with Crippen molar-refractivity contribution < 1.29 is 23.9 Å². The summed E-state index contributed by atoms with van der Waals surface area (Å²) in [5, 5.41) is 8.16. The van der Waals surface area contributed by atoms with Crippen LogP contribution in [-0.2, 0) is 27.2 Å². The highest BCUT2D eigenvalue weighted by Gasteiger charge is 2.36. The molecule has 4 rings (SSSR count). The van der Waals surface area contributed by atoms with Gasteiger partial charge >= 0.3 is 12.1 Å². The quantitative estimate of drug-likeness (QED) is 0.462. The molecule has 0 bridgehead atoms. The third-order valence-corrected chi connectivity index (χ3v) is 7.99. The van der Waals surface area contributed by atoms with E-state index in [0.29, 0.717) is 31.6 Å². The van der Waals surface area contributed by atoms with Gasteiger partial charge in [0, 0.05) is 25.6 Å². The first kappa shape index (κ1) is 29.6. The summed E-state index contributed by atoms with van der Waals surface area (Å²) in [6.07, 6.45) is 4.89. The fourth-order valence-electron chi connectivity index (χ4n) is 5.91. The van der Waals surface area contributed by atoms with Crippen molar-refractivity contribution in [1.82, 2.24) is 20.0 Å². The summed E-state index contributed by atoms with van der Waals surface area (Å²) in [6, 6.07) is 9.99. The minimum Gasteiger partial charge on any atom is -0.469 e. The van der Waals surface area contributed by atoms with Crippen LogP contribution in [0, 0.1) is 5.92 Å². The minimum absolute atomic E-state index is 0.0855. The maximum absolute atomic E-state index is 13.8. The zero-order valence-corrected chi connectivity index (χ0v) is 24.6. The summed E-state index contributed by atoms with van der Waals surface area (Å²) in [6.45, 7) is 9.21. The fraction of sp³-hybridized carbons (Fsp3) is 0.613. The molecule has 0 radical (unpaired) electrons. The van der Waals surface area contributed by atoms with Crippen LogP contribution in [0.3, 0.4) is 0 Å².